The molecule has 0 aliphatic carbocycles. The van der Waals surface area contributed by atoms with E-state index in [9.17, 15) is 4.79 Å². The summed E-state index contributed by atoms with van der Waals surface area (Å²) in [5.41, 5.74) is 0. The third-order valence-corrected chi connectivity index (χ3v) is 2.02. The summed E-state index contributed by atoms with van der Waals surface area (Å²) in [7, 11) is 0. The van der Waals surface area contributed by atoms with Gasteiger partial charge in [0.2, 0.25) is 5.95 Å². The van der Waals surface area contributed by atoms with Gasteiger partial charge in [-0.05, 0) is 18.9 Å². The molecule has 1 N–H and O–H groups in total. The fraction of sp³-hybridized carbons (Fsp3) is 0.444. The number of ether oxygens (including phenoxy) is 1. The number of rotatable bonds is 2. The highest BCUT2D eigenvalue weighted by atomic mass is 16.5. The first-order valence-electron chi connectivity index (χ1n) is 4.56. The van der Waals surface area contributed by atoms with Gasteiger partial charge < -0.3 is 4.74 Å². The Morgan fingerprint density at radius 2 is 2.29 bits per heavy atom. The van der Waals surface area contributed by atoms with Crippen LogP contribution < -0.4 is 5.32 Å². The number of hydrogen-bond donors (Lipinski definition) is 1. The van der Waals surface area contributed by atoms with E-state index >= 15 is 0 Å². The molecule has 0 aromatic carbocycles. The highest BCUT2D eigenvalue weighted by Gasteiger charge is 2.23. The van der Waals surface area contributed by atoms with Crippen molar-refractivity contribution in [2.24, 2.45) is 0 Å². The number of aromatic nitrogens is 2. The first-order valence-corrected chi connectivity index (χ1v) is 4.56. The molecule has 0 spiro atoms. The predicted molar refractivity (Wildman–Crippen MR) is 49.6 cm³/mol. The average Bonchev–Trinajstić information content (AvgIpc) is 2.72. The molecule has 0 radical (unpaired) electrons. The molecule has 1 aliphatic rings. The highest BCUT2D eigenvalue weighted by molar-refractivity contribution is 5.92. The third-order valence-electron chi connectivity index (χ3n) is 2.02. The van der Waals surface area contributed by atoms with E-state index < -0.39 is 0 Å². The lowest BCUT2D eigenvalue weighted by Gasteiger charge is -2.08. The van der Waals surface area contributed by atoms with Crippen molar-refractivity contribution in [3.63, 3.8) is 0 Å². The first-order chi connectivity index (χ1) is 6.86. The molecule has 2 heterocycles. The zero-order valence-electron chi connectivity index (χ0n) is 7.64. The van der Waals surface area contributed by atoms with Gasteiger partial charge in [0.05, 0.1) is 0 Å². The largest absolute Gasteiger partial charge is 0.368 e. The zero-order chi connectivity index (χ0) is 9.80. The van der Waals surface area contributed by atoms with Crippen LogP contribution in [0.5, 0.6) is 0 Å². The second-order valence-electron chi connectivity index (χ2n) is 3.06. The second kappa shape index (κ2) is 4.15. The second-order valence-corrected chi connectivity index (χ2v) is 3.06. The lowest BCUT2D eigenvalue weighted by molar-refractivity contribution is -0.124. The van der Waals surface area contributed by atoms with Crippen LogP contribution >= 0.6 is 0 Å². The van der Waals surface area contributed by atoms with Gasteiger partial charge in [-0.2, -0.15) is 0 Å². The van der Waals surface area contributed by atoms with Gasteiger partial charge in [0, 0.05) is 19.0 Å². The fourth-order valence-corrected chi connectivity index (χ4v) is 1.34. The molecule has 1 aromatic rings. The molecule has 1 aromatic heterocycles. The predicted octanol–water partition coefficient (Wildman–Crippen LogP) is 0.594. The molecule has 14 heavy (non-hydrogen) atoms. The highest BCUT2D eigenvalue weighted by Crippen LogP contribution is 2.13. The number of carbonyl (C=O) groups is 1. The minimum atomic E-state index is -0.334. The van der Waals surface area contributed by atoms with Crippen molar-refractivity contribution in [1.82, 2.24) is 9.97 Å². The Bertz CT molecular complexity index is 309. The topological polar surface area (TPSA) is 64.1 Å². The molecule has 1 saturated heterocycles. The van der Waals surface area contributed by atoms with Crippen LogP contribution in [-0.2, 0) is 9.53 Å². The van der Waals surface area contributed by atoms with Crippen LogP contribution in [-0.4, -0.2) is 28.6 Å². The van der Waals surface area contributed by atoms with Gasteiger partial charge in [-0.15, -0.1) is 0 Å². The van der Waals surface area contributed by atoms with E-state index in [0.29, 0.717) is 12.6 Å². The summed E-state index contributed by atoms with van der Waals surface area (Å²) in [6, 6.07) is 1.70. The summed E-state index contributed by atoms with van der Waals surface area (Å²) in [6.45, 7) is 0.660. The Kier molecular flexibility index (Phi) is 2.69. The molecule has 1 amide bonds. The Morgan fingerprint density at radius 1 is 1.50 bits per heavy atom. The van der Waals surface area contributed by atoms with E-state index in [1.54, 1.807) is 18.5 Å². The van der Waals surface area contributed by atoms with Crippen molar-refractivity contribution in [3.05, 3.63) is 18.5 Å². The normalized spacial score (nSPS) is 20.7. The molecule has 1 atom stereocenters. The van der Waals surface area contributed by atoms with E-state index in [1.165, 1.54) is 0 Å². The molecule has 0 saturated carbocycles. The number of carbonyl (C=O) groups excluding carboxylic acids is 1. The maximum Gasteiger partial charge on any atom is 0.255 e. The van der Waals surface area contributed by atoms with E-state index in [1.807, 2.05) is 0 Å². The number of nitrogens with zero attached hydrogens (tertiary/aromatic N) is 2. The Labute approximate surface area is 81.5 Å². The lowest BCUT2D eigenvalue weighted by atomic mass is 10.2. The van der Waals surface area contributed by atoms with Gasteiger partial charge in [-0.3, -0.25) is 10.1 Å². The van der Waals surface area contributed by atoms with Gasteiger partial charge in [-0.1, -0.05) is 0 Å². The third kappa shape index (κ3) is 2.05. The van der Waals surface area contributed by atoms with Gasteiger partial charge in [0.25, 0.3) is 5.91 Å². The number of amides is 1. The Balaban J connectivity index is 1.94. The Morgan fingerprint density at radius 3 is 2.93 bits per heavy atom. The monoisotopic (exact) mass is 193 g/mol. The summed E-state index contributed by atoms with van der Waals surface area (Å²) in [5, 5.41) is 2.60. The summed E-state index contributed by atoms with van der Waals surface area (Å²) in [5.74, 6) is 0.168. The van der Waals surface area contributed by atoms with Crippen LogP contribution in [0.4, 0.5) is 5.95 Å². The van der Waals surface area contributed by atoms with E-state index in [2.05, 4.69) is 15.3 Å². The van der Waals surface area contributed by atoms with E-state index in [4.69, 9.17) is 4.74 Å². The van der Waals surface area contributed by atoms with Crippen LogP contribution in [0.15, 0.2) is 18.5 Å². The van der Waals surface area contributed by atoms with Crippen LogP contribution in [0, 0.1) is 0 Å². The smallest absolute Gasteiger partial charge is 0.255 e. The van der Waals surface area contributed by atoms with Gasteiger partial charge in [-0.25, -0.2) is 9.97 Å². The van der Waals surface area contributed by atoms with Gasteiger partial charge in [0.15, 0.2) is 0 Å². The van der Waals surface area contributed by atoms with Crippen molar-refractivity contribution < 1.29 is 9.53 Å². The maximum absolute atomic E-state index is 11.5. The summed E-state index contributed by atoms with van der Waals surface area (Å²) in [6.07, 6.45) is 4.54. The van der Waals surface area contributed by atoms with Crippen LogP contribution in [0.2, 0.25) is 0 Å². The van der Waals surface area contributed by atoms with Gasteiger partial charge in [0.1, 0.15) is 6.10 Å². The zero-order valence-corrected chi connectivity index (χ0v) is 7.64. The van der Waals surface area contributed by atoms with Gasteiger partial charge >= 0.3 is 0 Å². The van der Waals surface area contributed by atoms with Crippen molar-refractivity contribution in [2.75, 3.05) is 11.9 Å². The minimum Gasteiger partial charge on any atom is -0.368 e. The molecule has 0 unspecified atom stereocenters. The molecular formula is C9H11N3O2. The number of hydrogen-bond acceptors (Lipinski definition) is 4. The molecule has 0 bridgehead atoms. The van der Waals surface area contributed by atoms with Crippen molar-refractivity contribution >= 4 is 11.9 Å². The van der Waals surface area contributed by atoms with Crippen LogP contribution in [0.25, 0.3) is 0 Å². The van der Waals surface area contributed by atoms with Crippen LogP contribution in [0.1, 0.15) is 12.8 Å². The molecule has 74 valence electrons. The van der Waals surface area contributed by atoms with E-state index in [0.717, 1.165) is 12.8 Å². The SMILES string of the molecule is O=C(Nc1ncccn1)[C@H]1CCCO1. The summed E-state index contributed by atoms with van der Waals surface area (Å²) >= 11 is 0. The Hall–Kier alpha value is -1.49. The van der Waals surface area contributed by atoms with Crippen molar-refractivity contribution in [3.8, 4) is 0 Å². The lowest BCUT2D eigenvalue weighted by Crippen LogP contribution is -2.27. The molecule has 1 aliphatic heterocycles. The molecular weight excluding hydrogens is 182 g/mol. The standard InChI is InChI=1S/C9H11N3O2/c13-8(7-3-1-6-14-7)12-9-10-4-2-5-11-9/h2,4-5,7H,1,3,6H2,(H,10,11,12,13)/t7-/m1/s1. The molecule has 5 nitrogen and oxygen atoms in total. The van der Waals surface area contributed by atoms with Crippen molar-refractivity contribution in [2.45, 2.75) is 18.9 Å². The summed E-state index contributed by atoms with van der Waals surface area (Å²) < 4.78 is 5.22. The fourth-order valence-electron chi connectivity index (χ4n) is 1.34. The van der Waals surface area contributed by atoms with Crippen LogP contribution in [0.3, 0.4) is 0 Å². The first kappa shape index (κ1) is 9.08. The summed E-state index contributed by atoms with van der Waals surface area (Å²) in [4.78, 5) is 19.3. The molecule has 5 heteroatoms. The number of anilines is 1. The van der Waals surface area contributed by atoms with Crippen molar-refractivity contribution in [1.29, 1.82) is 0 Å². The number of nitrogens with one attached hydrogen (secondary N) is 1. The minimum absolute atomic E-state index is 0.159. The average molecular weight is 193 g/mol. The molecule has 1 fully saturated rings. The molecule has 2 rings (SSSR count). The maximum atomic E-state index is 11.5. The quantitative estimate of drug-likeness (QED) is 0.746. The van der Waals surface area contributed by atoms with E-state index in [-0.39, 0.29) is 12.0 Å².